The van der Waals surface area contributed by atoms with Crippen molar-refractivity contribution in [3.8, 4) is 0 Å². The molecule has 1 heterocycles. The Balaban J connectivity index is 2.11. The first-order chi connectivity index (χ1) is 4.64. The second-order valence-corrected chi connectivity index (χ2v) is 4.62. The average Bonchev–Trinajstić information content (AvgIpc) is 2.38. The van der Waals surface area contributed by atoms with Gasteiger partial charge in [0.1, 0.15) is 4.33 Å². The lowest BCUT2D eigenvalue weighted by atomic mass is 10.1. The molecule has 0 bridgehead atoms. The topological polar surface area (TPSA) is 9.23 Å². The van der Waals surface area contributed by atoms with E-state index in [9.17, 15) is 0 Å². The molecule has 10 heavy (non-hydrogen) atoms. The summed E-state index contributed by atoms with van der Waals surface area (Å²) in [6.45, 7) is 2.87. The van der Waals surface area contributed by atoms with Crippen LogP contribution in [0.4, 0.5) is 0 Å². The van der Waals surface area contributed by atoms with Gasteiger partial charge >= 0.3 is 0 Å². The number of hydrogen-bond donors (Lipinski definition) is 0. The summed E-state index contributed by atoms with van der Waals surface area (Å²) in [4.78, 5) is 0. The van der Waals surface area contributed by atoms with E-state index in [2.05, 4.69) is 0 Å². The van der Waals surface area contributed by atoms with Crippen LogP contribution in [0, 0.1) is 11.8 Å². The zero-order valence-electron chi connectivity index (χ0n) is 5.81. The predicted molar refractivity (Wildman–Crippen MR) is 41.4 cm³/mol. The molecule has 0 aromatic rings. The largest absolute Gasteiger partial charge is 0.378 e. The highest BCUT2D eigenvalue weighted by molar-refractivity contribution is 6.51. The minimum Gasteiger partial charge on any atom is -0.378 e. The van der Waals surface area contributed by atoms with Gasteiger partial charge in [0.25, 0.3) is 0 Å². The second-order valence-electron chi connectivity index (χ2n) is 3.17. The van der Waals surface area contributed by atoms with Crippen LogP contribution in [0.3, 0.4) is 0 Å². The monoisotopic (exact) mass is 180 g/mol. The number of ether oxygens (including phenoxy) is 1. The fraction of sp³-hybridized carbons (Fsp3) is 1.00. The molecule has 1 aliphatic heterocycles. The lowest BCUT2D eigenvalue weighted by Gasteiger charge is -2.16. The molecule has 1 aliphatic carbocycles. The van der Waals surface area contributed by atoms with Crippen molar-refractivity contribution in [1.29, 1.82) is 0 Å². The summed E-state index contributed by atoms with van der Waals surface area (Å²) in [6, 6.07) is 0. The van der Waals surface area contributed by atoms with E-state index in [0.717, 1.165) is 13.0 Å². The van der Waals surface area contributed by atoms with Gasteiger partial charge in [-0.25, -0.2) is 0 Å². The van der Waals surface area contributed by atoms with Crippen molar-refractivity contribution >= 4 is 23.2 Å². The highest BCUT2D eigenvalue weighted by atomic mass is 35.5. The molecule has 3 atom stereocenters. The summed E-state index contributed by atoms with van der Waals surface area (Å²) in [5, 5.41) is 0. The Labute approximate surface area is 70.6 Å². The first-order valence-corrected chi connectivity index (χ1v) is 4.39. The quantitative estimate of drug-likeness (QED) is 0.520. The van der Waals surface area contributed by atoms with Crippen LogP contribution in [0.1, 0.15) is 13.3 Å². The SMILES string of the molecule is CC1OCCC2C1C2(Cl)Cl. The van der Waals surface area contributed by atoms with Crippen molar-refractivity contribution in [2.75, 3.05) is 6.61 Å². The van der Waals surface area contributed by atoms with Gasteiger partial charge in [0.15, 0.2) is 0 Å². The molecule has 2 fully saturated rings. The van der Waals surface area contributed by atoms with Crippen molar-refractivity contribution in [3.63, 3.8) is 0 Å². The maximum absolute atomic E-state index is 5.99. The van der Waals surface area contributed by atoms with Gasteiger partial charge < -0.3 is 4.74 Å². The molecule has 0 N–H and O–H groups in total. The maximum atomic E-state index is 5.99. The molecule has 2 aliphatic rings. The van der Waals surface area contributed by atoms with E-state index in [1.54, 1.807) is 0 Å². The first kappa shape index (κ1) is 7.20. The lowest BCUT2D eigenvalue weighted by Crippen LogP contribution is -2.18. The summed E-state index contributed by atoms with van der Waals surface area (Å²) < 4.78 is 4.94. The highest BCUT2D eigenvalue weighted by Gasteiger charge is 2.66. The number of rotatable bonds is 0. The maximum Gasteiger partial charge on any atom is 0.127 e. The van der Waals surface area contributed by atoms with Gasteiger partial charge in [0.2, 0.25) is 0 Å². The number of halogens is 2. The van der Waals surface area contributed by atoms with E-state index in [1.165, 1.54) is 0 Å². The van der Waals surface area contributed by atoms with Crippen LogP contribution in [0.2, 0.25) is 0 Å². The Morgan fingerprint density at radius 3 is 2.70 bits per heavy atom. The third kappa shape index (κ3) is 0.806. The molecule has 0 aromatic heterocycles. The highest BCUT2D eigenvalue weighted by Crippen LogP contribution is 2.64. The molecule has 1 saturated heterocycles. The van der Waals surface area contributed by atoms with Gasteiger partial charge in [0.05, 0.1) is 6.10 Å². The van der Waals surface area contributed by atoms with Crippen LogP contribution in [0.25, 0.3) is 0 Å². The van der Waals surface area contributed by atoms with Crippen molar-refractivity contribution < 1.29 is 4.74 Å². The van der Waals surface area contributed by atoms with Gasteiger partial charge in [-0.1, -0.05) is 0 Å². The molecule has 58 valence electrons. The molecule has 3 unspecified atom stereocenters. The third-order valence-corrected chi connectivity index (χ3v) is 3.64. The summed E-state index contributed by atoms with van der Waals surface area (Å²) in [6.07, 6.45) is 1.29. The van der Waals surface area contributed by atoms with Gasteiger partial charge in [-0.3, -0.25) is 0 Å². The molecule has 0 amide bonds. The standard InChI is InChI=1S/C7H10Cl2O/c1-4-6-5(2-3-10-4)7(6,8)9/h4-6H,2-3H2,1H3. The fourth-order valence-electron chi connectivity index (χ4n) is 1.91. The van der Waals surface area contributed by atoms with Crippen LogP contribution >= 0.6 is 23.2 Å². The molecule has 0 spiro atoms. The Morgan fingerprint density at radius 2 is 2.20 bits per heavy atom. The Morgan fingerprint density at radius 1 is 1.50 bits per heavy atom. The zero-order chi connectivity index (χ0) is 7.35. The van der Waals surface area contributed by atoms with Gasteiger partial charge in [-0.05, 0) is 13.3 Å². The summed E-state index contributed by atoms with van der Waals surface area (Å²) in [5.74, 6) is 0.893. The average molecular weight is 181 g/mol. The molecule has 0 aromatic carbocycles. The number of fused-ring (bicyclic) bond motifs is 1. The lowest BCUT2D eigenvalue weighted by molar-refractivity contribution is 0.0193. The van der Waals surface area contributed by atoms with Crippen molar-refractivity contribution in [2.24, 2.45) is 11.8 Å². The minimum absolute atomic E-state index is 0.258. The molecular weight excluding hydrogens is 171 g/mol. The van der Waals surface area contributed by atoms with Gasteiger partial charge in [0, 0.05) is 18.4 Å². The Hall–Kier alpha value is 0.540. The Kier molecular flexibility index (Phi) is 1.46. The van der Waals surface area contributed by atoms with Crippen molar-refractivity contribution in [2.45, 2.75) is 23.8 Å². The van der Waals surface area contributed by atoms with Gasteiger partial charge in [-0.15, -0.1) is 23.2 Å². The normalized spacial score (nSPS) is 50.1. The zero-order valence-corrected chi connectivity index (χ0v) is 7.32. The summed E-state index contributed by atoms with van der Waals surface area (Å²) in [7, 11) is 0. The second kappa shape index (κ2) is 2.02. The first-order valence-electron chi connectivity index (χ1n) is 3.63. The van der Waals surface area contributed by atoms with E-state index >= 15 is 0 Å². The molecule has 1 nitrogen and oxygen atoms in total. The minimum atomic E-state index is -0.462. The molecule has 3 heteroatoms. The van der Waals surface area contributed by atoms with Crippen LogP contribution in [0.15, 0.2) is 0 Å². The number of alkyl halides is 2. The molecule has 2 rings (SSSR count). The fourth-order valence-corrected chi connectivity index (χ4v) is 2.94. The van der Waals surface area contributed by atoms with E-state index in [4.69, 9.17) is 27.9 Å². The smallest absolute Gasteiger partial charge is 0.127 e. The van der Waals surface area contributed by atoms with E-state index in [1.807, 2.05) is 6.92 Å². The van der Waals surface area contributed by atoms with Crippen LogP contribution in [-0.4, -0.2) is 17.0 Å². The van der Waals surface area contributed by atoms with Crippen molar-refractivity contribution in [1.82, 2.24) is 0 Å². The van der Waals surface area contributed by atoms with E-state index in [0.29, 0.717) is 11.8 Å². The van der Waals surface area contributed by atoms with Crippen LogP contribution in [0.5, 0.6) is 0 Å². The molecule has 0 radical (unpaired) electrons. The molecular formula is C7H10Cl2O. The van der Waals surface area contributed by atoms with Crippen LogP contribution < -0.4 is 0 Å². The summed E-state index contributed by atoms with van der Waals surface area (Å²) in [5.41, 5.74) is 0. The van der Waals surface area contributed by atoms with E-state index < -0.39 is 4.33 Å². The predicted octanol–water partition coefficient (Wildman–Crippen LogP) is 2.22. The Bertz CT molecular complexity index is 158. The summed E-state index contributed by atoms with van der Waals surface area (Å²) >= 11 is 12.0. The molecule has 1 saturated carbocycles. The van der Waals surface area contributed by atoms with Crippen molar-refractivity contribution in [3.05, 3.63) is 0 Å². The third-order valence-electron chi connectivity index (χ3n) is 2.58. The number of hydrogen-bond acceptors (Lipinski definition) is 1. The van der Waals surface area contributed by atoms with E-state index in [-0.39, 0.29) is 6.10 Å². The van der Waals surface area contributed by atoms with Crippen LogP contribution in [-0.2, 0) is 4.74 Å². The van der Waals surface area contributed by atoms with Gasteiger partial charge in [-0.2, -0.15) is 0 Å².